The smallest absolute Gasteiger partial charge is 0.263 e. The fraction of sp³-hybridized carbons (Fsp3) is 0.435. The summed E-state index contributed by atoms with van der Waals surface area (Å²) in [5.74, 6) is 0.315. The van der Waals surface area contributed by atoms with Gasteiger partial charge in [-0.25, -0.2) is 14.4 Å². The van der Waals surface area contributed by atoms with Crippen LogP contribution in [0.1, 0.15) is 52.3 Å². The van der Waals surface area contributed by atoms with Crippen molar-refractivity contribution in [3.8, 4) is 0 Å². The summed E-state index contributed by atoms with van der Waals surface area (Å²) in [7, 11) is 0. The van der Waals surface area contributed by atoms with Crippen molar-refractivity contribution in [2.75, 3.05) is 23.7 Å². The van der Waals surface area contributed by atoms with Crippen LogP contribution in [0.4, 0.5) is 15.9 Å². The summed E-state index contributed by atoms with van der Waals surface area (Å²) in [6.45, 7) is 3.79. The fourth-order valence-electron chi connectivity index (χ4n) is 4.58. The lowest BCUT2D eigenvalue weighted by molar-refractivity contribution is 0.0938. The summed E-state index contributed by atoms with van der Waals surface area (Å²) in [5.41, 5.74) is 9.01. The zero-order valence-corrected chi connectivity index (χ0v) is 18.4. The average molecular weight is 440 g/mol. The number of piperidine rings is 1. The van der Waals surface area contributed by atoms with Crippen molar-refractivity contribution in [2.24, 2.45) is 0 Å². The zero-order chi connectivity index (χ0) is 21.5. The van der Waals surface area contributed by atoms with Crippen LogP contribution in [-0.2, 0) is 12.8 Å². The number of rotatable bonds is 3. The Kier molecular flexibility index (Phi) is 5.25. The molecular formula is C23H26FN5OS. The van der Waals surface area contributed by atoms with E-state index < -0.39 is 0 Å². The van der Waals surface area contributed by atoms with Gasteiger partial charge < -0.3 is 16.0 Å². The number of halogens is 1. The summed E-state index contributed by atoms with van der Waals surface area (Å²) < 4.78 is 15.0. The first-order chi connectivity index (χ1) is 15.0. The van der Waals surface area contributed by atoms with Gasteiger partial charge in [0.2, 0.25) is 0 Å². The second-order valence-electron chi connectivity index (χ2n) is 8.50. The van der Waals surface area contributed by atoms with E-state index in [1.54, 1.807) is 6.07 Å². The number of thiophene rings is 1. The van der Waals surface area contributed by atoms with Gasteiger partial charge >= 0.3 is 0 Å². The minimum atomic E-state index is -0.218. The zero-order valence-electron chi connectivity index (χ0n) is 17.6. The van der Waals surface area contributed by atoms with Gasteiger partial charge in [0.05, 0.1) is 5.69 Å². The van der Waals surface area contributed by atoms with Gasteiger partial charge in [-0.1, -0.05) is 0 Å². The van der Waals surface area contributed by atoms with E-state index in [1.807, 2.05) is 19.1 Å². The van der Waals surface area contributed by atoms with Crippen molar-refractivity contribution in [1.82, 2.24) is 15.3 Å². The van der Waals surface area contributed by atoms with Gasteiger partial charge in [-0.15, -0.1) is 11.3 Å². The van der Waals surface area contributed by atoms with Gasteiger partial charge in [-0.05, 0) is 57.6 Å². The molecule has 1 aliphatic heterocycles. The number of aryl methyl sites for hydroxylation is 2. The molecule has 1 amide bonds. The number of amides is 1. The highest BCUT2D eigenvalue weighted by atomic mass is 32.1. The van der Waals surface area contributed by atoms with Crippen molar-refractivity contribution < 1.29 is 9.18 Å². The first-order valence-corrected chi connectivity index (χ1v) is 11.7. The summed E-state index contributed by atoms with van der Waals surface area (Å²) in [5, 5.41) is 3.86. The maximum Gasteiger partial charge on any atom is 0.263 e. The number of aromatic nitrogens is 2. The van der Waals surface area contributed by atoms with Crippen LogP contribution in [0, 0.1) is 12.7 Å². The molecule has 31 heavy (non-hydrogen) atoms. The van der Waals surface area contributed by atoms with E-state index in [0.29, 0.717) is 29.0 Å². The Morgan fingerprint density at radius 2 is 2.06 bits per heavy atom. The molecule has 1 fully saturated rings. The highest BCUT2D eigenvalue weighted by molar-refractivity contribution is 7.21. The Morgan fingerprint density at radius 1 is 1.26 bits per heavy atom. The highest BCUT2D eigenvalue weighted by Crippen LogP contribution is 2.33. The average Bonchev–Trinajstić information content (AvgIpc) is 3.10. The molecule has 1 saturated heterocycles. The van der Waals surface area contributed by atoms with Gasteiger partial charge in [-0.2, -0.15) is 0 Å². The molecule has 0 radical (unpaired) electrons. The normalized spacial score (nSPS) is 18.8. The van der Waals surface area contributed by atoms with Crippen LogP contribution >= 0.6 is 11.3 Å². The largest absolute Gasteiger partial charge is 0.397 e. The van der Waals surface area contributed by atoms with Crippen LogP contribution in [0.2, 0.25) is 0 Å². The number of nitrogens with zero attached hydrogens (tertiary/aromatic N) is 3. The molecule has 3 N–H and O–H groups in total. The maximum atomic E-state index is 15.0. The van der Waals surface area contributed by atoms with Gasteiger partial charge in [0.1, 0.15) is 21.3 Å². The lowest BCUT2D eigenvalue weighted by Crippen LogP contribution is -2.39. The lowest BCUT2D eigenvalue weighted by atomic mass is 9.91. The summed E-state index contributed by atoms with van der Waals surface area (Å²) in [4.78, 5) is 25.6. The number of anilines is 2. The van der Waals surface area contributed by atoms with Crippen molar-refractivity contribution in [3.05, 3.63) is 45.8 Å². The molecule has 0 unspecified atom stereocenters. The van der Waals surface area contributed by atoms with E-state index in [1.165, 1.54) is 17.8 Å². The lowest BCUT2D eigenvalue weighted by Gasteiger charge is -2.30. The van der Waals surface area contributed by atoms with E-state index in [-0.39, 0.29) is 17.8 Å². The van der Waals surface area contributed by atoms with E-state index in [0.717, 1.165) is 59.8 Å². The number of hydrogen-bond acceptors (Lipinski definition) is 6. The van der Waals surface area contributed by atoms with Crippen LogP contribution in [0.5, 0.6) is 0 Å². The van der Waals surface area contributed by atoms with E-state index in [9.17, 15) is 9.18 Å². The van der Waals surface area contributed by atoms with Crippen LogP contribution in [-0.4, -0.2) is 35.0 Å². The van der Waals surface area contributed by atoms with Crippen molar-refractivity contribution in [3.63, 3.8) is 0 Å². The Morgan fingerprint density at radius 3 is 2.87 bits per heavy atom. The fourth-order valence-corrected chi connectivity index (χ4v) is 5.62. The molecule has 1 aliphatic carbocycles. The number of hydrogen-bond donors (Lipinski definition) is 2. The first-order valence-electron chi connectivity index (χ1n) is 10.9. The van der Waals surface area contributed by atoms with Crippen LogP contribution in [0.15, 0.2) is 18.2 Å². The SMILES string of the molecule is Cc1ccc2c(N)c(C(=O)N[C@H]3CCc4nc(N5CCCCC5)cc(F)c4C3)sc2n1. The molecule has 0 spiro atoms. The number of nitrogens with one attached hydrogen (secondary N) is 1. The molecule has 0 aromatic carbocycles. The summed E-state index contributed by atoms with van der Waals surface area (Å²) in [6.07, 6.45) is 5.32. The van der Waals surface area contributed by atoms with Gasteiger partial charge in [-0.3, -0.25) is 4.79 Å². The molecule has 1 atom stereocenters. The number of nitrogen functional groups attached to an aromatic ring is 1. The molecule has 4 heterocycles. The Bertz CT molecular complexity index is 1150. The molecule has 3 aromatic rings. The van der Waals surface area contributed by atoms with Crippen LogP contribution in [0.25, 0.3) is 10.2 Å². The molecule has 2 aliphatic rings. The van der Waals surface area contributed by atoms with Gasteiger partial charge in [0.25, 0.3) is 5.91 Å². The molecule has 5 rings (SSSR count). The predicted molar refractivity (Wildman–Crippen MR) is 122 cm³/mol. The van der Waals surface area contributed by atoms with Gasteiger partial charge in [0, 0.05) is 47.5 Å². The van der Waals surface area contributed by atoms with Crippen LogP contribution < -0.4 is 16.0 Å². The Labute approximate surface area is 184 Å². The minimum Gasteiger partial charge on any atom is -0.397 e. The Hall–Kier alpha value is -2.74. The molecule has 162 valence electrons. The Balaban J connectivity index is 1.33. The van der Waals surface area contributed by atoms with Crippen molar-refractivity contribution in [1.29, 1.82) is 0 Å². The summed E-state index contributed by atoms with van der Waals surface area (Å²) >= 11 is 1.30. The van der Waals surface area contributed by atoms with Crippen molar-refractivity contribution in [2.45, 2.75) is 51.5 Å². The third-order valence-electron chi connectivity index (χ3n) is 6.28. The third kappa shape index (κ3) is 3.84. The van der Waals surface area contributed by atoms with E-state index in [2.05, 4.69) is 15.2 Å². The van der Waals surface area contributed by atoms with Crippen molar-refractivity contribution >= 4 is 39.0 Å². The number of fused-ring (bicyclic) bond motifs is 2. The molecule has 0 bridgehead atoms. The molecule has 6 nitrogen and oxygen atoms in total. The predicted octanol–water partition coefficient (Wildman–Crippen LogP) is 4.00. The maximum absolute atomic E-state index is 15.0. The molecular weight excluding hydrogens is 413 g/mol. The number of pyridine rings is 2. The highest BCUT2D eigenvalue weighted by Gasteiger charge is 2.27. The molecule has 8 heteroatoms. The standard InChI is InChI=1S/C23H26FN5OS/c1-13-5-7-15-20(25)21(31-23(15)26-13)22(30)27-14-6-8-18-16(11-14)17(24)12-19(28-18)29-9-3-2-4-10-29/h5,7,12,14H,2-4,6,8-11,25H2,1H3,(H,27,30)/t14-/m0/s1. The second kappa shape index (κ2) is 8.07. The molecule has 3 aromatic heterocycles. The minimum absolute atomic E-state index is 0.142. The topological polar surface area (TPSA) is 84.1 Å². The second-order valence-corrected chi connectivity index (χ2v) is 9.50. The third-order valence-corrected chi connectivity index (χ3v) is 7.39. The molecule has 0 saturated carbocycles. The quantitative estimate of drug-likeness (QED) is 0.644. The monoisotopic (exact) mass is 439 g/mol. The van der Waals surface area contributed by atoms with Gasteiger partial charge in [0.15, 0.2) is 0 Å². The summed E-state index contributed by atoms with van der Waals surface area (Å²) in [6, 6.07) is 5.21. The van der Waals surface area contributed by atoms with E-state index >= 15 is 0 Å². The number of nitrogens with two attached hydrogens (primary N) is 1. The number of carbonyl (C=O) groups is 1. The van der Waals surface area contributed by atoms with E-state index in [4.69, 9.17) is 10.7 Å². The van der Waals surface area contributed by atoms with Crippen LogP contribution in [0.3, 0.4) is 0 Å². The number of carbonyl (C=O) groups excluding carboxylic acids is 1. The first kappa shape index (κ1) is 20.2.